The first-order chi connectivity index (χ1) is 15.0. The van der Waals surface area contributed by atoms with E-state index in [9.17, 15) is 9.59 Å². The van der Waals surface area contributed by atoms with E-state index in [2.05, 4.69) is 32.0 Å². The van der Waals surface area contributed by atoms with E-state index in [1.807, 2.05) is 19.9 Å². The van der Waals surface area contributed by atoms with Crippen LogP contribution in [0.3, 0.4) is 0 Å². The Hall–Kier alpha value is -2.96. The normalized spacial score (nSPS) is 19.1. The Morgan fingerprint density at radius 3 is 2.61 bits per heavy atom. The van der Waals surface area contributed by atoms with Crippen LogP contribution in [0.5, 0.6) is 0 Å². The minimum Gasteiger partial charge on any atom is -0.342 e. The van der Waals surface area contributed by atoms with E-state index >= 15 is 0 Å². The minimum absolute atomic E-state index is 0.0385. The summed E-state index contributed by atoms with van der Waals surface area (Å²) in [5.74, 6) is 1.47. The maximum atomic E-state index is 12.7. The van der Waals surface area contributed by atoms with Crippen molar-refractivity contribution in [1.29, 1.82) is 0 Å². The molecule has 7 nitrogen and oxygen atoms in total. The van der Waals surface area contributed by atoms with Crippen LogP contribution in [0.15, 0.2) is 18.5 Å². The van der Waals surface area contributed by atoms with Gasteiger partial charge in [0.15, 0.2) is 0 Å². The lowest BCUT2D eigenvalue weighted by Gasteiger charge is -2.34. The Balaban J connectivity index is 1.48. The summed E-state index contributed by atoms with van der Waals surface area (Å²) in [7, 11) is 0. The van der Waals surface area contributed by atoms with E-state index in [4.69, 9.17) is 0 Å². The highest BCUT2D eigenvalue weighted by Gasteiger charge is 2.44. The maximum absolute atomic E-state index is 12.7. The van der Waals surface area contributed by atoms with Crippen molar-refractivity contribution >= 4 is 29.1 Å². The van der Waals surface area contributed by atoms with Crippen molar-refractivity contribution in [3.05, 3.63) is 40.7 Å². The molecule has 0 atom stereocenters. The molecule has 2 aromatic rings. The zero-order valence-corrected chi connectivity index (χ0v) is 18.2. The Morgan fingerprint density at radius 1 is 1.16 bits per heavy atom. The molecule has 31 heavy (non-hydrogen) atoms. The fourth-order valence-electron chi connectivity index (χ4n) is 5.10. The number of hydrogen-bond donors (Lipinski definition) is 3. The molecule has 2 aliphatic carbocycles. The largest absolute Gasteiger partial charge is 0.342 e. The summed E-state index contributed by atoms with van der Waals surface area (Å²) >= 11 is 0. The molecular formula is C24H29N5O2. The van der Waals surface area contributed by atoms with Crippen molar-refractivity contribution in [2.45, 2.75) is 70.8 Å². The van der Waals surface area contributed by atoms with Crippen LogP contribution in [0.2, 0.25) is 0 Å². The summed E-state index contributed by atoms with van der Waals surface area (Å²) in [6.45, 7) is 4.03. The predicted octanol–water partition coefficient (Wildman–Crippen LogP) is 4.34. The van der Waals surface area contributed by atoms with Gasteiger partial charge in [0.1, 0.15) is 18.0 Å². The topological polar surface area (TPSA) is 96.0 Å². The van der Waals surface area contributed by atoms with Crippen LogP contribution in [-0.2, 0) is 16.8 Å². The second-order valence-corrected chi connectivity index (χ2v) is 9.10. The van der Waals surface area contributed by atoms with Crippen LogP contribution in [0.25, 0.3) is 0 Å². The van der Waals surface area contributed by atoms with Gasteiger partial charge in [-0.2, -0.15) is 0 Å². The molecule has 3 N–H and O–H groups in total. The fourth-order valence-corrected chi connectivity index (χ4v) is 5.10. The lowest BCUT2D eigenvalue weighted by atomic mass is 9.77. The first-order valence-electron chi connectivity index (χ1n) is 11.4. The number of hydrogen-bond acceptors (Lipinski definition) is 5. The molecule has 0 saturated heterocycles. The summed E-state index contributed by atoms with van der Waals surface area (Å²) < 4.78 is 0. The number of anilines is 3. The summed E-state index contributed by atoms with van der Waals surface area (Å²) in [5.41, 5.74) is 4.45. The molecule has 1 aromatic heterocycles. The minimum atomic E-state index is -0.240. The number of aryl methyl sites for hydroxylation is 1. The predicted molar refractivity (Wildman–Crippen MR) is 119 cm³/mol. The number of nitrogens with one attached hydrogen (secondary N) is 3. The first kappa shape index (κ1) is 20.0. The molecule has 2 amide bonds. The summed E-state index contributed by atoms with van der Waals surface area (Å²) in [6, 6.07) is 4.11. The Morgan fingerprint density at radius 2 is 1.90 bits per heavy atom. The number of rotatable bonds is 5. The van der Waals surface area contributed by atoms with Crippen molar-refractivity contribution in [1.82, 2.24) is 15.3 Å². The molecule has 1 spiro atoms. The summed E-state index contributed by atoms with van der Waals surface area (Å²) in [6.07, 6.45) is 9.53. The number of benzene rings is 1. The highest BCUT2D eigenvalue weighted by molar-refractivity contribution is 6.02. The number of amides is 2. The van der Waals surface area contributed by atoms with Gasteiger partial charge in [-0.1, -0.05) is 26.2 Å². The monoisotopic (exact) mass is 419 g/mol. The van der Waals surface area contributed by atoms with E-state index in [-0.39, 0.29) is 23.3 Å². The second-order valence-electron chi connectivity index (χ2n) is 9.10. The molecule has 2 fully saturated rings. The Labute approximate surface area is 182 Å². The van der Waals surface area contributed by atoms with E-state index in [0.717, 1.165) is 66.5 Å². The van der Waals surface area contributed by atoms with Gasteiger partial charge in [0.05, 0.1) is 5.54 Å². The molecule has 2 saturated carbocycles. The number of aromatic nitrogens is 2. The first-order valence-corrected chi connectivity index (χ1v) is 11.4. The molecule has 0 radical (unpaired) electrons. The van der Waals surface area contributed by atoms with Crippen LogP contribution in [0.1, 0.15) is 78.9 Å². The second kappa shape index (κ2) is 7.62. The van der Waals surface area contributed by atoms with Gasteiger partial charge < -0.3 is 16.0 Å². The lowest BCUT2D eigenvalue weighted by Crippen LogP contribution is -2.40. The highest BCUT2D eigenvalue weighted by Crippen LogP contribution is 2.44. The van der Waals surface area contributed by atoms with Crippen LogP contribution in [0.4, 0.5) is 17.3 Å². The number of carbonyl (C=O) groups is 2. The molecule has 0 unspecified atom stereocenters. The molecule has 3 aliphatic rings. The molecule has 5 rings (SSSR count). The van der Waals surface area contributed by atoms with Crippen molar-refractivity contribution in [2.75, 3.05) is 10.6 Å². The molecule has 1 aliphatic heterocycles. The smallest absolute Gasteiger partial charge is 0.252 e. The summed E-state index contributed by atoms with van der Waals surface area (Å²) in [5, 5.41) is 9.71. The highest BCUT2D eigenvalue weighted by atomic mass is 16.2. The van der Waals surface area contributed by atoms with E-state index in [0.29, 0.717) is 18.1 Å². The van der Waals surface area contributed by atoms with Crippen molar-refractivity contribution < 1.29 is 9.59 Å². The van der Waals surface area contributed by atoms with E-state index in [1.54, 1.807) is 0 Å². The SMILES string of the molecule is CCc1c(NC(=O)C2CC2)ncnc1Nc1cc(C)c2c(c1)C1(CCCCC1)NC2=O. The van der Waals surface area contributed by atoms with E-state index in [1.165, 1.54) is 12.7 Å². The zero-order chi connectivity index (χ0) is 21.6. The van der Waals surface area contributed by atoms with Crippen LogP contribution < -0.4 is 16.0 Å². The van der Waals surface area contributed by atoms with Crippen molar-refractivity contribution in [2.24, 2.45) is 5.92 Å². The van der Waals surface area contributed by atoms with Gasteiger partial charge in [0.2, 0.25) is 5.91 Å². The maximum Gasteiger partial charge on any atom is 0.252 e. The lowest BCUT2D eigenvalue weighted by molar-refractivity contribution is -0.117. The van der Waals surface area contributed by atoms with Gasteiger partial charge in [-0.25, -0.2) is 9.97 Å². The van der Waals surface area contributed by atoms with Gasteiger partial charge >= 0.3 is 0 Å². The number of carbonyl (C=O) groups excluding carboxylic acids is 2. The van der Waals surface area contributed by atoms with Crippen molar-refractivity contribution in [3.63, 3.8) is 0 Å². The standard InChI is InChI=1S/C24H29N5O2/c1-3-17-20(25-13-26-21(17)28-22(30)15-7-8-15)27-16-11-14(2)19-18(12-16)24(29-23(19)31)9-5-4-6-10-24/h11-13,15H,3-10H2,1-2H3,(H,29,31)(H2,25,26,27,28,30). The average molecular weight is 420 g/mol. The average Bonchev–Trinajstić information content (AvgIpc) is 3.56. The number of fused-ring (bicyclic) bond motifs is 2. The third-order valence-corrected chi connectivity index (χ3v) is 6.89. The molecule has 7 heteroatoms. The van der Waals surface area contributed by atoms with Gasteiger partial charge in [-0.05, 0) is 62.3 Å². The third-order valence-electron chi connectivity index (χ3n) is 6.89. The number of nitrogens with zero attached hydrogens (tertiary/aromatic N) is 2. The quantitative estimate of drug-likeness (QED) is 0.670. The van der Waals surface area contributed by atoms with E-state index < -0.39 is 0 Å². The van der Waals surface area contributed by atoms with Gasteiger partial charge in [-0.15, -0.1) is 0 Å². The van der Waals surface area contributed by atoms with Gasteiger partial charge in [0, 0.05) is 22.7 Å². The van der Waals surface area contributed by atoms with Crippen molar-refractivity contribution in [3.8, 4) is 0 Å². The molecule has 1 aromatic carbocycles. The van der Waals surface area contributed by atoms with Crippen LogP contribution in [0, 0.1) is 12.8 Å². The Bertz CT molecular complexity index is 1050. The van der Waals surface area contributed by atoms with Crippen LogP contribution >= 0.6 is 0 Å². The molecule has 0 bridgehead atoms. The third kappa shape index (κ3) is 3.56. The fraction of sp³-hybridized carbons (Fsp3) is 0.500. The molecular weight excluding hydrogens is 390 g/mol. The van der Waals surface area contributed by atoms with Gasteiger partial charge in [-0.3, -0.25) is 9.59 Å². The Kier molecular flexibility index (Phi) is 4.91. The molecule has 162 valence electrons. The van der Waals surface area contributed by atoms with Gasteiger partial charge in [0.25, 0.3) is 5.91 Å². The zero-order valence-electron chi connectivity index (χ0n) is 18.2. The van der Waals surface area contributed by atoms with Crippen LogP contribution in [-0.4, -0.2) is 21.8 Å². The summed E-state index contributed by atoms with van der Waals surface area (Å²) in [4.78, 5) is 33.8. The molecule has 2 heterocycles.